The number of rotatable bonds is 53. The second-order valence-corrected chi connectivity index (χ2v) is 19.2. The van der Waals surface area contributed by atoms with E-state index >= 15 is 0 Å². The summed E-state index contributed by atoms with van der Waals surface area (Å²) in [7, 11) is 0. The van der Waals surface area contributed by atoms with Gasteiger partial charge in [-0.15, -0.1) is 0 Å². The Hall–Kier alpha value is -3.44. The summed E-state index contributed by atoms with van der Waals surface area (Å²) in [4.78, 5) is 25.6. The predicted molar refractivity (Wildman–Crippen MR) is 306 cm³/mol. The fourth-order valence-corrected chi connectivity index (χ4v) is 7.89. The van der Waals surface area contributed by atoms with Crippen LogP contribution in [0.1, 0.15) is 265 Å². The molecule has 0 radical (unpaired) electrons. The Morgan fingerprint density at radius 3 is 1.03 bits per heavy atom. The Morgan fingerprint density at radius 2 is 0.643 bits per heavy atom. The summed E-state index contributed by atoms with van der Waals surface area (Å²) in [6.45, 7) is 7.62. The van der Waals surface area contributed by atoms with Gasteiger partial charge >= 0.3 is 11.9 Å². The number of hydrogen-bond acceptors (Lipinski definition) is 5. The van der Waals surface area contributed by atoms with Crippen LogP contribution in [0.15, 0.2) is 109 Å². The molecule has 5 nitrogen and oxygen atoms in total. The van der Waals surface area contributed by atoms with Crippen LogP contribution in [0.25, 0.3) is 0 Å². The average Bonchev–Trinajstić information content (AvgIpc) is 3.36. The van der Waals surface area contributed by atoms with Crippen molar-refractivity contribution in [3.63, 3.8) is 0 Å². The minimum atomic E-state index is -0.564. The SMILES string of the molecule is CC/C=C\C/C=C\C/C=C\CCCCCCCCOCC(COC(=O)CCCCCCCC/C=C\C/C=C\C/C=C\CCCCC)OC(=O)CCCCCCCC/C=C\C/C=C\C/C=C\CCCCC. The first-order chi connectivity index (χ1) is 34.6. The van der Waals surface area contributed by atoms with Gasteiger partial charge in [0.05, 0.1) is 6.61 Å². The topological polar surface area (TPSA) is 61.8 Å². The lowest BCUT2D eigenvalue weighted by molar-refractivity contribution is -0.163. The number of esters is 2. The lowest BCUT2D eigenvalue weighted by atomic mass is 10.1. The van der Waals surface area contributed by atoms with Crippen LogP contribution in [0.4, 0.5) is 0 Å². The van der Waals surface area contributed by atoms with Crippen molar-refractivity contribution in [3.8, 4) is 0 Å². The third-order valence-corrected chi connectivity index (χ3v) is 12.3. The number of hydrogen-bond donors (Lipinski definition) is 0. The van der Waals surface area contributed by atoms with Gasteiger partial charge in [-0.25, -0.2) is 0 Å². The normalized spacial score (nSPS) is 13.0. The zero-order chi connectivity index (χ0) is 50.6. The summed E-state index contributed by atoms with van der Waals surface area (Å²) in [5.41, 5.74) is 0. The van der Waals surface area contributed by atoms with Crippen molar-refractivity contribution >= 4 is 11.9 Å². The summed E-state index contributed by atoms with van der Waals surface area (Å²) >= 11 is 0. The van der Waals surface area contributed by atoms with E-state index in [4.69, 9.17) is 14.2 Å². The first-order valence-corrected chi connectivity index (χ1v) is 29.4. The molecule has 0 aliphatic carbocycles. The van der Waals surface area contributed by atoms with Crippen molar-refractivity contribution < 1.29 is 23.8 Å². The molecule has 0 saturated heterocycles. The van der Waals surface area contributed by atoms with Crippen LogP contribution in [0.2, 0.25) is 0 Å². The number of carbonyl (C=O) groups excluding carboxylic acids is 2. The van der Waals surface area contributed by atoms with E-state index in [1.54, 1.807) is 0 Å². The van der Waals surface area contributed by atoms with Crippen LogP contribution in [-0.2, 0) is 23.8 Å². The van der Waals surface area contributed by atoms with Crippen molar-refractivity contribution in [2.45, 2.75) is 271 Å². The Bertz CT molecular complexity index is 1380. The average molecular weight is 972 g/mol. The molecular weight excluding hydrogens is 861 g/mol. The lowest BCUT2D eigenvalue weighted by Crippen LogP contribution is -2.30. The maximum absolute atomic E-state index is 12.9. The van der Waals surface area contributed by atoms with Crippen molar-refractivity contribution in [2.24, 2.45) is 0 Å². The summed E-state index contributed by atoms with van der Waals surface area (Å²) in [5, 5.41) is 0. The molecule has 0 heterocycles. The van der Waals surface area contributed by atoms with E-state index in [0.29, 0.717) is 19.4 Å². The summed E-state index contributed by atoms with van der Waals surface area (Å²) in [6.07, 6.45) is 82.5. The minimum Gasteiger partial charge on any atom is -0.462 e. The van der Waals surface area contributed by atoms with E-state index in [-0.39, 0.29) is 25.2 Å². The molecule has 0 fully saturated rings. The van der Waals surface area contributed by atoms with Crippen LogP contribution in [0.5, 0.6) is 0 Å². The third kappa shape index (κ3) is 57.1. The van der Waals surface area contributed by atoms with Crippen molar-refractivity contribution in [2.75, 3.05) is 19.8 Å². The predicted octanol–water partition coefficient (Wildman–Crippen LogP) is 20.3. The molecular formula is C65H110O5. The van der Waals surface area contributed by atoms with Gasteiger partial charge in [0.1, 0.15) is 6.61 Å². The van der Waals surface area contributed by atoms with Gasteiger partial charge in [0.25, 0.3) is 0 Å². The maximum Gasteiger partial charge on any atom is 0.306 e. The smallest absolute Gasteiger partial charge is 0.306 e. The van der Waals surface area contributed by atoms with E-state index in [2.05, 4.69) is 130 Å². The van der Waals surface area contributed by atoms with E-state index in [1.165, 1.54) is 116 Å². The summed E-state index contributed by atoms with van der Waals surface area (Å²) in [6, 6.07) is 0. The first kappa shape index (κ1) is 66.6. The van der Waals surface area contributed by atoms with Crippen molar-refractivity contribution in [3.05, 3.63) is 109 Å². The highest BCUT2D eigenvalue weighted by molar-refractivity contribution is 5.70. The molecule has 0 aliphatic heterocycles. The molecule has 0 amide bonds. The number of unbranched alkanes of at least 4 members (excludes halogenated alkanes) is 24. The fourth-order valence-electron chi connectivity index (χ4n) is 7.89. The van der Waals surface area contributed by atoms with E-state index in [9.17, 15) is 9.59 Å². The van der Waals surface area contributed by atoms with Gasteiger partial charge in [0.15, 0.2) is 6.10 Å². The van der Waals surface area contributed by atoms with Gasteiger partial charge in [-0.2, -0.15) is 0 Å². The monoisotopic (exact) mass is 971 g/mol. The van der Waals surface area contributed by atoms with Gasteiger partial charge < -0.3 is 14.2 Å². The van der Waals surface area contributed by atoms with Crippen LogP contribution in [0, 0.1) is 0 Å². The molecule has 70 heavy (non-hydrogen) atoms. The Labute approximate surface area is 434 Å². The minimum absolute atomic E-state index is 0.0619. The number of carbonyl (C=O) groups is 2. The van der Waals surface area contributed by atoms with Crippen LogP contribution < -0.4 is 0 Å². The molecule has 0 bridgehead atoms. The Balaban J connectivity index is 4.37. The molecule has 0 rings (SSSR count). The molecule has 0 N–H and O–H groups in total. The largest absolute Gasteiger partial charge is 0.462 e. The molecule has 1 unspecified atom stereocenters. The molecule has 1 atom stereocenters. The zero-order valence-corrected chi connectivity index (χ0v) is 46.0. The van der Waals surface area contributed by atoms with E-state index < -0.39 is 6.10 Å². The number of ether oxygens (including phenoxy) is 3. The molecule has 0 saturated carbocycles. The summed E-state index contributed by atoms with van der Waals surface area (Å²) in [5.74, 6) is -0.434. The van der Waals surface area contributed by atoms with Crippen molar-refractivity contribution in [1.82, 2.24) is 0 Å². The molecule has 0 aliphatic rings. The van der Waals surface area contributed by atoms with Gasteiger partial charge in [-0.3, -0.25) is 9.59 Å². The highest BCUT2D eigenvalue weighted by atomic mass is 16.6. The van der Waals surface area contributed by atoms with Crippen LogP contribution in [0.3, 0.4) is 0 Å². The standard InChI is InChI=1S/C65H110O5/c1-4-7-10-13-16-19-22-25-28-31-33-35-37-40-43-46-49-52-55-58-64(66)69-62-63(61-68-60-57-54-51-48-45-42-39-30-27-24-21-18-15-12-9-6-3)70-65(67)59-56-53-50-47-44-41-38-36-34-32-29-26-23-20-17-14-11-8-5-2/h9,12,16-21,25-30,33-36,63H,4-8,10-11,13-15,22-24,31-32,37-62H2,1-3H3/b12-9-,19-16-,20-17-,21-18-,28-25-,29-26-,30-27-,35-33-,36-34-. The maximum atomic E-state index is 12.9. The third-order valence-electron chi connectivity index (χ3n) is 12.3. The van der Waals surface area contributed by atoms with E-state index in [0.717, 1.165) is 116 Å². The quantitative estimate of drug-likeness (QED) is 0.0345. The lowest BCUT2D eigenvalue weighted by Gasteiger charge is -2.18. The molecule has 0 aromatic heterocycles. The van der Waals surface area contributed by atoms with Crippen LogP contribution in [-0.4, -0.2) is 37.9 Å². The number of allylic oxidation sites excluding steroid dienone is 18. The van der Waals surface area contributed by atoms with Gasteiger partial charge in [0, 0.05) is 19.4 Å². The molecule has 5 heteroatoms. The highest BCUT2D eigenvalue weighted by Crippen LogP contribution is 2.14. The van der Waals surface area contributed by atoms with E-state index in [1.807, 2.05) is 0 Å². The second-order valence-electron chi connectivity index (χ2n) is 19.2. The first-order valence-electron chi connectivity index (χ1n) is 29.4. The molecule has 400 valence electrons. The van der Waals surface area contributed by atoms with Crippen molar-refractivity contribution in [1.29, 1.82) is 0 Å². The second kappa shape index (κ2) is 59.9. The summed E-state index contributed by atoms with van der Waals surface area (Å²) < 4.78 is 17.5. The van der Waals surface area contributed by atoms with Gasteiger partial charge in [-0.1, -0.05) is 233 Å². The van der Waals surface area contributed by atoms with Crippen LogP contribution >= 0.6 is 0 Å². The van der Waals surface area contributed by atoms with Gasteiger partial charge in [0.2, 0.25) is 0 Å². The molecule has 0 aromatic rings. The van der Waals surface area contributed by atoms with Gasteiger partial charge in [-0.05, 0) is 128 Å². The zero-order valence-electron chi connectivity index (χ0n) is 46.0. The Kier molecular flexibility index (Phi) is 56.9. The fraction of sp³-hybridized carbons (Fsp3) is 0.692. The Morgan fingerprint density at radius 1 is 0.329 bits per heavy atom. The molecule has 0 aromatic carbocycles. The molecule has 0 spiro atoms. The highest BCUT2D eigenvalue weighted by Gasteiger charge is 2.17.